The van der Waals surface area contributed by atoms with Gasteiger partial charge in [0.1, 0.15) is 5.00 Å². The van der Waals surface area contributed by atoms with Crippen molar-refractivity contribution in [3.8, 4) is 0 Å². The maximum atomic E-state index is 12.5. The Balaban J connectivity index is 1.72. The molecule has 1 unspecified atom stereocenters. The van der Waals surface area contributed by atoms with Crippen molar-refractivity contribution in [1.82, 2.24) is 4.90 Å². The lowest BCUT2D eigenvalue weighted by Gasteiger charge is -2.32. The highest BCUT2D eigenvalue weighted by atomic mass is 32.1. The van der Waals surface area contributed by atoms with E-state index < -0.39 is 0 Å². The summed E-state index contributed by atoms with van der Waals surface area (Å²) in [7, 11) is 0. The molecule has 132 valence electrons. The number of thiophene rings is 1. The molecule has 1 amide bonds. The van der Waals surface area contributed by atoms with E-state index in [0.717, 1.165) is 44.2 Å². The number of likely N-dealkylation sites (tertiary alicyclic amines) is 1. The fourth-order valence-corrected chi connectivity index (χ4v) is 4.95. The molecule has 1 aliphatic carbocycles. The van der Waals surface area contributed by atoms with Gasteiger partial charge in [0.15, 0.2) is 0 Å². The molecular weight excluding hydrogens is 324 g/mol. The first-order valence-electron chi connectivity index (χ1n) is 8.95. The number of carbonyl (C=O) groups is 2. The normalized spacial score (nSPS) is 20.7. The van der Waals surface area contributed by atoms with E-state index in [1.54, 1.807) is 18.3 Å². The summed E-state index contributed by atoms with van der Waals surface area (Å²) in [6.45, 7) is 5.70. The molecule has 3 rings (SSSR count). The molecule has 0 radical (unpaired) electrons. The topological polar surface area (TPSA) is 58.6 Å². The highest BCUT2D eigenvalue weighted by molar-refractivity contribution is 7.17. The van der Waals surface area contributed by atoms with Gasteiger partial charge in [-0.25, -0.2) is 4.79 Å². The van der Waals surface area contributed by atoms with Gasteiger partial charge in [0, 0.05) is 10.9 Å². The van der Waals surface area contributed by atoms with E-state index in [1.807, 2.05) is 0 Å². The molecule has 2 aliphatic rings. The Morgan fingerprint density at radius 3 is 2.88 bits per heavy atom. The number of ether oxygens (including phenoxy) is 1. The van der Waals surface area contributed by atoms with Crippen molar-refractivity contribution in [2.75, 3.05) is 25.0 Å². The smallest absolute Gasteiger partial charge is 0.341 e. The van der Waals surface area contributed by atoms with Crippen molar-refractivity contribution < 1.29 is 14.3 Å². The lowest BCUT2D eigenvalue weighted by atomic mass is 10.0. The summed E-state index contributed by atoms with van der Waals surface area (Å²) in [4.78, 5) is 28.3. The van der Waals surface area contributed by atoms with Gasteiger partial charge in [-0.15, -0.1) is 11.3 Å². The van der Waals surface area contributed by atoms with E-state index in [0.29, 0.717) is 29.8 Å². The monoisotopic (exact) mass is 350 g/mol. The molecule has 1 N–H and O–H groups in total. The maximum Gasteiger partial charge on any atom is 0.341 e. The van der Waals surface area contributed by atoms with Crippen molar-refractivity contribution in [3.63, 3.8) is 0 Å². The molecule has 1 atom stereocenters. The van der Waals surface area contributed by atoms with E-state index in [1.165, 1.54) is 11.3 Å². The second-order valence-electron chi connectivity index (χ2n) is 6.65. The molecule has 6 heteroatoms. The number of piperidine rings is 1. The van der Waals surface area contributed by atoms with Gasteiger partial charge in [0.25, 0.3) is 0 Å². The highest BCUT2D eigenvalue weighted by Gasteiger charge is 2.29. The number of aryl methyl sites for hydroxylation is 1. The van der Waals surface area contributed by atoms with Crippen LogP contribution in [0.2, 0.25) is 0 Å². The number of carbonyl (C=O) groups excluding carboxylic acids is 2. The average Bonchev–Trinajstić information content (AvgIpc) is 3.10. The van der Waals surface area contributed by atoms with Crippen molar-refractivity contribution in [2.24, 2.45) is 0 Å². The first-order valence-corrected chi connectivity index (χ1v) is 9.77. The van der Waals surface area contributed by atoms with Crippen LogP contribution in [0.3, 0.4) is 0 Å². The van der Waals surface area contributed by atoms with E-state index in [4.69, 9.17) is 4.74 Å². The minimum Gasteiger partial charge on any atom is -0.462 e. The third-order valence-corrected chi connectivity index (χ3v) is 6.15. The standard InChI is InChI=1S/C18H26N2O3S/c1-3-23-18(22)16-13-8-6-9-14(13)24-17(16)19-15(21)11-20-10-5-4-7-12(20)2/h12H,3-11H2,1-2H3,(H,19,21). The number of fused-ring (bicyclic) bond motifs is 1. The predicted octanol–water partition coefficient (Wildman–Crippen LogP) is 3.23. The van der Waals surface area contributed by atoms with E-state index in [2.05, 4.69) is 17.1 Å². The number of esters is 1. The Morgan fingerprint density at radius 1 is 1.29 bits per heavy atom. The summed E-state index contributed by atoms with van der Waals surface area (Å²) in [5, 5.41) is 3.66. The van der Waals surface area contributed by atoms with Gasteiger partial charge in [0.05, 0.1) is 18.7 Å². The molecule has 0 spiro atoms. The SMILES string of the molecule is CCOC(=O)c1c(NC(=O)CN2CCCCC2C)sc2c1CCC2. The number of hydrogen-bond acceptors (Lipinski definition) is 5. The largest absolute Gasteiger partial charge is 0.462 e. The van der Waals surface area contributed by atoms with Gasteiger partial charge < -0.3 is 10.1 Å². The van der Waals surface area contributed by atoms with Crippen LogP contribution in [-0.4, -0.2) is 42.5 Å². The molecule has 1 saturated heterocycles. The summed E-state index contributed by atoms with van der Waals surface area (Å²) < 4.78 is 5.21. The minimum absolute atomic E-state index is 0.0331. The number of nitrogens with one attached hydrogen (secondary N) is 1. The van der Waals surface area contributed by atoms with E-state index in [9.17, 15) is 9.59 Å². The summed E-state index contributed by atoms with van der Waals surface area (Å²) in [6.07, 6.45) is 6.51. The molecule has 2 heterocycles. The zero-order valence-electron chi connectivity index (χ0n) is 14.5. The lowest BCUT2D eigenvalue weighted by Crippen LogP contribution is -2.42. The molecule has 1 aliphatic heterocycles. The van der Waals surface area contributed by atoms with Crippen LogP contribution in [0.15, 0.2) is 0 Å². The second-order valence-corrected chi connectivity index (χ2v) is 7.75. The van der Waals surface area contributed by atoms with Crippen LogP contribution < -0.4 is 5.32 Å². The summed E-state index contributed by atoms with van der Waals surface area (Å²) >= 11 is 1.54. The van der Waals surface area contributed by atoms with Crippen LogP contribution in [0.1, 0.15) is 60.3 Å². The maximum absolute atomic E-state index is 12.5. The Morgan fingerprint density at radius 2 is 2.12 bits per heavy atom. The number of amides is 1. The van der Waals surface area contributed by atoms with Crippen LogP contribution in [0.4, 0.5) is 5.00 Å². The third-order valence-electron chi connectivity index (χ3n) is 4.94. The first kappa shape index (κ1) is 17.4. The molecule has 24 heavy (non-hydrogen) atoms. The first-order chi connectivity index (χ1) is 11.6. The van der Waals surface area contributed by atoms with E-state index in [-0.39, 0.29) is 11.9 Å². The van der Waals surface area contributed by atoms with Crippen molar-refractivity contribution in [1.29, 1.82) is 0 Å². The number of rotatable bonds is 5. The van der Waals surface area contributed by atoms with Crippen molar-refractivity contribution >= 4 is 28.2 Å². The molecule has 1 fully saturated rings. The molecule has 1 aromatic rings. The Labute approximate surface area is 147 Å². The predicted molar refractivity (Wildman–Crippen MR) is 95.8 cm³/mol. The minimum atomic E-state index is -0.307. The molecule has 0 aromatic carbocycles. The lowest BCUT2D eigenvalue weighted by molar-refractivity contribution is -0.118. The zero-order valence-corrected chi connectivity index (χ0v) is 15.3. The average molecular weight is 350 g/mol. The number of anilines is 1. The van der Waals surface area contributed by atoms with Crippen LogP contribution in [0.25, 0.3) is 0 Å². The Bertz CT molecular complexity index is 626. The Kier molecular flexibility index (Phi) is 5.56. The van der Waals surface area contributed by atoms with Crippen LogP contribution >= 0.6 is 11.3 Å². The second kappa shape index (κ2) is 7.66. The Hall–Kier alpha value is -1.40. The summed E-state index contributed by atoms with van der Waals surface area (Å²) in [5.41, 5.74) is 1.68. The fourth-order valence-electron chi connectivity index (χ4n) is 3.65. The highest BCUT2D eigenvalue weighted by Crippen LogP contribution is 2.39. The molecular formula is C18H26N2O3S. The van der Waals surface area contributed by atoms with Gasteiger partial charge >= 0.3 is 5.97 Å². The number of nitrogens with zero attached hydrogens (tertiary/aromatic N) is 1. The van der Waals surface area contributed by atoms with Gasteiger partial charge in [-0.1, -0.05) is 6.42 Å². The van der Waals surface area contributed by atoms with Crippen LogP contribution in [-0.2, 0) is 22.4 Å². The fraction of sp³-hybridized carbons (Fsp3) is 0.667. The van der Waals surface area contributed by atoms with Gasteiger partial charge in [-0.3, -0.25) is 9.69 Å². The molecule has 5 nitrogen and oxygen atoms in total. The van der Waals surface area contributed by atoms with Crippen molar-refractivity contribution in [2.45, 2.75) is 58.4 Å². The van der Waals surface area contributed by atoms with Gasteiger partial charge in [-0.2, -0.15) is 0 Å². The molecule has 0 saturated carbocycles. The quantitative estimate of drug-likeness (QED) is 0.829. The third kappa shape index (κ3) is 3.64. The summed E-state index contributed by atoms with van der Waals surface area (Å²) in [5.74, 6) is -0.340. The molecule has 1 aromatic heterocycles. The van der Waals surface area contributed by atoms with E-state index >= 15 is 0 Å². The van der Waals surface area contributed by atoms with Gasteiger partial charge in [0.2, 0.25) is 5.91 Å². The van der Waals surface area contributed by atoms with Gasteiger partial charge in [-0.05, 0) is 58.1 Å². The van der Waals surface area contributed by atoms with Crippen LogP contribution in [0, 0.1) is 0 Å². The van der Waals surface area contributed by atoms with Crippen LogP contribution in [0.5, 0.6) is 0 Å². The molecule has 0 bridgehead atoms. The zero-order chi connectivity index (χ0) is 17.1. The van der Waals surface area contributed by atoms with Crippen molar-refractivity contribution in [3.05, 3.63) is 16.0 Å². The number of hydrogen-bond donors (Lipinski definition) is 1. The summed E-state index contributed by atoms with van der Waals surface area (Å²) in [6, 6.07) is 0.447.